The molecule has 1 saturated carbocycles. The molecule has 1 aliphatic rings. The molecule has 2 aromatic heterocycles. The van der Waals surface area contributed by atoms with E-state index in [0.717, 1.165) is 29.1 Å². The number of para-hydroxylation sites is 1. The number of aromatic nitrogens is 2. The molecule has 31 heavy (non-hydrogen) atoms. The van der Waals surface area contributed by atoms with Crippen LogP contribution in [0.25, 0.3) is 21.3 Å². The van der Waals surface area contributed by atoms with Crippen LogP contribution in [0, 0.1) is 12.8 Å². The van der Waals surface area contributed by atoms with Crippen LogP contribution in [0.1, 0.15) is 28.9 Å². The van der Waals surface area contributed by atoms with Crippen LogP contribution in [0.15, 0.2) is 60.8 Å². The molecule has 1 fully saturated rings. The Morgan fingerprint density at radius 2 is 2.03 bits per heavy atom. The van der Waals surface area contributed by atoms with Crippen molar-refractivity contribution in [2.75, 3.05) is 18.8 Å². The Kier molecular flexibility index (Phi) is 5.24. The second-order valence-electron chi connectivity index (χ2n) is 8.36. The zero-order valence-corrected chi connectivity index (χ0v) is 18.4. The number of thiazole rings is 1. The Bertz CT molecular complexity index is 1240. The minimum atomic E-state index is -0.0205. The Labute approximate surface area is 186 Å². The van der Waals surface area contributed by atoms with Crippen LogP contribution < -0.4 is 5.73 Å². The highest BCUT2D eigenvalue weighted by molar-refractivity contribution is 7.19. The summed E-state index contributed by atoms with van der Waals surface area (Å²) in [4.78, 5) is 20.9. The SMILES string of the molecule is Cc1cccc(-c2sc(N)nc2C(=O)N(CCn2ccc3ccccc32)CC2CC2)c1. The second-order valence-corrected chi connectivity index (χ2v) is 9.39. The molecule has 0 radical (unpaired) electrons. The first-order valence-electron chi connectivity index (χ1n) is 10.7. The van der Waals surface area contributed by atoms with Crippen LogP contribution in [0.4, 0.5) is 5.13 Å². The van der Waals surface area contributed by atoms with Gasteiger partial charge < -0.3 is 15.2 Å². The molecule has 5 rings (SSSR count). The Morgan fingerprint density at radius 3 is 2.84 bits per heavy atom. The first kappa shape index (κ1) is 19.8. The summed E-state index contributed by atoms with van der Waals surface area (Å²) < 4.78 is 2.22. The molecule has 5 nitrogen and oxygen atoms in total. The molecule has 4 aromatic rings. The molecule has 2 aromatic carbocycles. The van der Waals surface area contributed by atoms with Crippen LogP contribution >= 0.6 is 11.3 Å². The van der Waals surface area contributed by atoms with Crippen LogP contribution in [-0.2, 0) is 6.54 Å². The Hall–Kier alpha value is -3.12. The van der Waals surface area contributed by atoms with E-state index in [1.807, 2.05) is 17.0 Å². The lowest BCUT2D eigenvalue weighted by atomic mass is 10.1. The van der Waals surface area contributed by atoms with Gasteiger partial charge in [0.15, 0.2) is 5.13 Å². The number of nitrogens with zero attached hydrogens (tertiary/aromatic N) is 3. The van der Waals surface area contributed by atoms with Crippen molar-refractivity contribution in [2.45, 2.75) is 26.3 Å². The Balaban J connectivity index is 1.42. The highest BCUT2D eigenvalue weighted by Crippen LogP contribution is 2.35. The average Bonchev–Trinajstić information content (AvgIpc) is 3.36. The van der Waals surface area contributed by atoms with Crippen LogP contribution in [-0.4, -0.2) is 33.4 Å². The van der Waals surface area contributed by atoms with E-state index >= 15 is 0 Å². The second kappa shape index (κ2) is 8.19. The van der Waals surface area contributed by atoms with E-state index in [1.54, 1.807) is 0 Å². The molecule has 0 spiro atoms. The maximum Gasteiger partial charge on any atom is 0.274 e. The summed E-state index contributed by atoms with van der Waals surface area (Å²) in [5.74, 6) is 0.580. The van der Waals surface area contributed by atoms with E-state index in [1.165, 1.54) is 35.1 Å². The molecule has 1 aliphatic carbocycles. The topological polar surface area (TPSA) is 64.2 Å². The smallest absolute Gasteiger partial charge is 0.274 e. The number of fused-ring (bicyclic) bond motifs is 1. The van der Waals surface area contributed by atoms with Crippen molar-refractivity contribution in [1.82, 2.24) is 14.5 Å². The van der Waals surface area contributed by atoms with Gasteiger partial charge in [0.05, 0.1) is 4.88 Å². The molecule has 2 heterocycles. The fourth-order valence-corrected chi connectivity index (χ4v) is 4.89. The lowest BCUT2D eigenvalue weighted by molar-refractivity contribution is 0.0738. The van der Waals surface area contributed by atoms with Crippen LogP contribution in [0.3, 0.4) is 0 Å². The minimum Gasteiger partial charge on any atom is -0.375 e. The van der Waals surface area contributed by atoms with E-state index in [-0.39, 0.29) is 5.91 Å². The van der Waals surface area contributed by atoms with Gasteiger partial charge in [0, 0.05) is 31.3 Å². The molecule has 0 saturated heterocycles. The molecule has 158 valence electrons. The number of carbonyl (C=O) groups is 1. The number of nitrogens with two attached hydrogens (primary N) is 1. The van der Waals surface area contributed by atoms with Crippen molar-refractivity contribution in [3.05, 3.63) is 72.1 Å². The number of rotatable bonds is 7. The fourth-order valence-electron chi connectivity index (χ4n) is 4.07. The van der Waals surface area contributed by atoms with E-state index in [2.05, 4.69) is 65.1 Å². The van der Waals surface area contributed by atoms with Gasteiger partial charge in [0.1, 0.15) is 5.69 Å². The van der Waals surface area contributed by atoms with Crippen LogP contribution in [0.2, 0.25) is 0 Å². The fraction of sp³-hybridized carbons (Fsp3) is 0.280. The number of hydrogen-bond donors (Lipinski definition) is 1. The predicted octanol–water partition coefficient (Wildman–Crippen LogP) is 5.21. The van der Waals surface area contributed by atoms with E-state index in [9.17, 15) is 4.79 Å². The molecule has 0 atom stereocenters. The van der Waals surface area contributed by atoms with Gasteiger partial charge in [0.25, 0.3) is 5.91 Å². The van der Waals surface area contributed by atoms with Gasteiger partial charge in [-0.25, -0.2) is 4.98 Å². The van der Waals surface area contributed by atoms with Gasteiger partial charge in [-0.3, -0.25) is 4.79 Å². The quantitative estimate of drug-likeness (QED) is 0.438. The zero-order chi connectivity index (χ0) is 21.4. The van der Waals surface area contributed by atoms with E-state index in [0.29, 0.717) is 23.3 Å². The monoisotopic (exact) mass is 430 g/mol. The van der Waals surface area contributed by atoms with Gasteiger partial charge >= 0.3 is 0 Å². The first-order valence-corrected chi connectivity index (χ1v) is 11.6. The molecule has 0 aliphatic heterocycles. The number of carbonyl (C=O) groups excluding carboxylic acids is 1. The first-order chi connectivity index (χ1) is 15.1. The third kappa shape index (κ3) is 4.21. The lowest BCUT2D eigenvalue weighted by Gasteiger charge is -2.23. The van der Waals surface area contributed by atoms with Crippen molar-refractivity contribution in [3.63, 3.8) is 0 Å². The molecule has 2 N–H and O–H groups in total. The number of amides is 1. The van der Waals surface area contributed by atoms with E-state index < -0.39 is 0 Å². The number of benzene rings is 2. The molecule has 6 heteroatoms. The number of anilines is 1. The third-order valence-electron chi connectivity index (χ3n) is 5.88. The van der Waals surface area contributed by atoms with Crippen LogP contribution in [0.5, 0.6) is 0 Å². The van der Waals surface area contributed by atoms with E-state index in [4.69, 9.17) is 5.73 Å². The largest absolute Gasteiger partial charge is 0.375 e. The summed E-state index contributed by atoms with van der Waals surface area (Å²) in [6.07, 6.45) is 4.49. The molecule has 0 unspecified atom stereocenters. The Morgan fingerprint density at radius 1 is 1.19 bits per heavy atom. The van der Waals surface area contributed by atoms with Crippen molar-refractivity contribution in [2.24, 2.45) is 5.92 Å². The van der Waals surface area contributed by atoms with Crippen molar-refractivity contribution < 1.29 is 4.79 Å². The standard InChI is InChI=1S/C25H26N4OS/c1-17-5-4-7-20(15-17)23-22(27-25(26)31-23)24(30)29(16-18-9-10-18)14-13-28-12-11-19-6-2-3-8-21(19)28/h2-8,11-12,15,18H,9-10,13-14,16H2,1H3,(H2,26,27). The molecular weight excluding hydrogens is 404 g/mol. The maximum absolute atomic E-state index is 13.6. The third-order valence-corrected chi connectivity index (χ3v) is 6.81. The van der Waals surface area contributed by atoms with Gasteiger partial charge in [-0.2, -0.15) is 0 Å². The summed E-state index contributed by atoms with van der Waals surface area (Å²) in [5.41, 5.74) is 9.87. The van der Waals surface area contributed by atoms with Crippen molar-refractivity contribution in [3.8, 4) is 10.4 Å². The average molecular weight is 431 g/mol. The molecule has 1 amide bonds. The van der Waals surface area contributed by atoms with Crippen molar-refractivity contribution >= 4 is 33.3 Å². The highest BCUT2D eigenvalue weighted by Gasteiger charge is 2.30. The predicted molar refractivity (Wildman–Crippen MR) is 127 cm³/mol. The zero-order valence-electron chi connectivity index (χ0n) is 17.6. The summed E-state index contributed by atoms with van der Waals surface area (Å²) in [7, 11) is 0. The lowest BCUT2D eigenvalue weighted by Crippen LogP contribution is -2.36. The normalized spacial score (nSPS) is 13.6. The molecular formula is C25H26N4OS. The maximum atomic E-state index is 13.6. The highest BCUT2D eigenvalue weighted by atomic mass is 32.1. The minimum absolute atomic E-state index is 0.0205. The summed E-state index contributed by atoms with van der Waals surface area (Å²) >= 11 is 1.39. The molecule has 0 bridgehead atoms. The van der Waals surface area contributed by atoms with Gasteiger partial charge in [-0.1, -0.05) is 59.4 Å². The number of hydrogen-bond acceptors (Lipinski definition) is 4. The van der Waals surface area contributed by atoms with Gasteiger partial charge in [-0.05, 0) is 48.8 Å². The number of nitrogen functional groups attached to an aromatic ring is 1. The summed E-state index contributed by atoms with van der Waals surface area (Å²) in [5, 5.41) is 1.65. The number of aryl methyl sites for hydroxylation is 1. The summed E-state index contributed by atoms with van der Waals surface area (Å²) in [6, 6.07) is 18.6. The summed E-state index contributed by atoms with van der Waals surface area (Å²) in [6.45, 7) is 4.24. The van der Waals surface area contributed by atoms with Gasteiger partial charge in [-0.15, -0.1) is 0 Å². The van der Waals surface area contributed by atoms with Gasteiger partial charge in [0.2, 0.25) is 0 Å². The van der Waals surface area contributed by atoms with Crippen molar-refractivity contribution in [1.29, 1.82) is 0 Å².